The quantitative estimate of drug-likeness (QED) is 0.353. The molecule has 0 radical (unpaired) electrons. The van der Waals surface area contributed by atoms with Crippen molar-refractivity contribution in [2.45, 2.75) is 33.3 Å². The number of carbonyl (C=O) groups is 2. The molecule has 5 rings (SSSR count). The fraction of sp³-hybridized carbons (Fsp3) is 0.241. The normalized spacial score (nSPS) is 12.9. The number of fused-ring (bicyclic) bond motifs is 2. The van der Waals surface area contributed by atoms with Crippen LogP contribution in [0.15, 0.2) is 65.5 Å². The first-order valence-electron chi connectivity index (χ1n) is 12.1. The molecule has 0 atom stereocenters. The number of hydrogen-bond acceptors (Lipinski definition) is 6. The van der Waals surface area contributed by atoms with Crippen LogP contribution < -0.4 is 15.0 Å². The number of nitrogens with zero attached hydrogens (tertiary/aromatic N) is 3. The number of benzene rings is 3. The van der Waals surface area contributed by atoms with Gasteiger partial charge in [-0.15, -0.1) is 0 Å². The molecule has 2 amide bonds. The van der Waals surface area contributed by atoms with Gasteiger partial charge in [0.25, 0.3) is 17.4 Å². The highest BCUT2D eigenvalue weighted by Gasteiger charge is 2.38. The van der Waals surface area contributed by atoms with Crippen LogP contribution in [0.25, 0.3) is 16.6 Å². The third-order valence-electron chi connectivity index (χ3n) is 6.31. The Bertz CT molecular complexity index is 1590. The summed E-state index contributed by atoms with van der Waals surface area (Å²) < 4.78 is 12.6. The van der Waals surface area contributed by atoms with E-state index >= 15 is 0 Å². The van der Waals surface area contributed by atoms with Crippen LogP contribution in [0.5, 0.6) is 11.5 Å². The maximum atomic E-state index is 13.6. The number of carbonyl (C=O) groups excluding carboxylic acids is 2. The molecule has 0 bridgehead atoms. The summed E-state index contributed by atoms with van der Waals surface area (Å²) in [5.74, 6) is 0.704. The average Bonchev–Trinajstić information content (AvgIpc) is 3.12. The lowest BCUT2D eigenvalue weighted by atomic mass is 10.1. The van der Waals surface area contributed by atoms with Gasteiger partial charge in [0.1, 0.15) is 17.3 Å². The van der Waals surface area contributed by atoms with Crippen molar-refractivity contribution in [3.63, 3.8) is 0 Å². The van der Waals surface area contributed by atoms with E-state index in [9.17, 15) is 14.4 Å². The van der Waals surface area contributed by atoms with E-state index < -0.39 is 5.91 Å². The minimum absolute atomic E-state index is 0.0629. The van der Waals surface area contributed by atoms with Gasteiger partial charge in [0, 0.05) is 13.0 Å². The van der Waals surface area contributed by atoms with Gasteiger partial charge in [0.15, 0.2) is 0 Å². The van der Waals surface area contributed by atoms with Gasteiger partial charge < -0.3 is 9.47 Å². The molecule has 37 heavy (non-hydrogen) atoms. The highest BCUT2D eigenvalue weighted by atomic mass is 16.5. The molecule has 0 fully saturated rings. The number of rotatable bonds is 7. The summed E-state index contributed by atoms with van der Waals surface area (Å²) in [5, 5.41) is 0.487. The largest absolute Gasteiger partial charge is 0.497 e. The van der Waals surface area contributed by atoms with Gasteiger partial charge in [-0.3, -0.25) is 23.9 Å². The summed E-state index contributed by atoms with van der Waals surface area (Å²) in [7, 11) is 1.58. The fourth-order valence-electron chi connectivity index (χ4n) is 4.58. The Kier molecular flexibility index (Phi) is 6.25. The van der Waals surface area contributed by atoms with Crippen molar-refractivity contribution in [1.29, 1.82) is 0 Å². The first-order valence-corrected chi connectivity index (χ1v) is 12.1. The summed E-state index contributed by atoms with van der Waals surface area (Å²) in [6.45, 7) is 5.73. The van der Waals surface area contributed by atoms with Crippen molar-refractivity contribution in [2.75, 3.05) is 13.7 Å². The average molecular weight is 498 g/mol. The summed E-state index contributed by atoms with van der Waals surface area (Å²) in [4.78, 5) is 46.0. The lowest BCUT2D eigenvalue weighted by molar-refractivity contribution is 0.0654. The van der Waals surface area contributed by atoms with Gasteiger partial charge >= 0.3 is 0 Å². The minimum Gasteiger partial charge on any atom is -0.497 e. The van der Waals surface area contributed by atoms with Crippen molar-refractivity contribution in [3.8, 4) is 17.2 Å². The molecular weight excluding hydrogens is 470 g/mol. The Morgan fingerprint density at radius 2 is 1.70 bits per heavy atom. The third kappa shape index (κ3) is 4.35. The number of hydrogen-bond donors (Lipinski definition) is 0. The Morgan fingerprint density at radius 3 is 2.41 bits per heavy atom. The number of methoxy groups -OCH3 is 1. The zero-order valence-corrected chi connectivity index (χ0v) is 21.1. The Hall–Kier alpha value is -4.46. The second-order valence-corrected chi connectivity index (χ2v) is 9.24. The van der Waals surface area contributed by atoms with Gasteiger partial charge in [0.05, 0.1) is 40.9 Å². The Balaban J connectivity index is 1.54. The SMILES string of the molecule is COc1ccc(-n2c(CCN3C(=O)c4cccc(OC(C)C)c4C3=O)nc3cc(C)ccc3c2=O)cc1. The van der Waals surface area contributed by atoms with Crippen LogP contribution in [0.1, 0.15) is 46.0 Å². The molecule has 4 aromatic rings. The summed E-state index contributed by atoms with van der Waals surface area (Å²) in [5.41, 5.74) is 2.53. The van der Waals surface area contributed by atoms with Crippen LogP contribution in [0.2, 0.25) is 0 Å². The first-order chi connectivity index (χ1) is 17.8. The second-order valence-electron chi connectivity index (χ2n) is 9.24. The number of aromatic nitrogens is 2. The molecule has 0 aliphatic carbocycles. The molecule has 1 aromatic heterocycles. The number of aryl methyl sites for hydroxylation is 1. The van der Waals surface area contributed by atoms with Gasteiger partial charge in [-0.25, -0.2) is 4.98 Å². The van der Waals surface area contributed by atoms with Crippen LogP contribution in [-0.4, -0.2) is 46.0 Å². The van der Waals surface area contributed by atoms with Crippen molar-refractivity contribution in [3.05, 3.63) is 93.5 Å². The van der Waals surface area contributed by atoms with Gasteiger partial charge in [-0.1, -0.05) is 12.1 Å². The molecule has 0 N–H and O–H groups in total. The highest BCUT2D eigenvalue weighted by Crippen LogP contribution is 2.32. The van der Waals surface area contributed by atoms with E-state index in [0.717, 1.165) is 5.56 Å². The summed E-state index contributed by atoms with van der Waals surface area (Å²) >= 11 is 0. The van der Waals surface area contributed by atoms with Crippen molar-refractivity contribution in [2.24, 2.45) is 0 Å². The van der Waals surface area contributed by atoms with Crippen molar-refractivity contribution >= 4 is 22.7 Å². The fourth-order valence-corrected chi connectivity index (χ4v) is 4.58. The van der Waals surface area contributed by atoms with E-state index in [2.05, 4.69) is 0 Å². The smallest absolute Gasteiger partial charge is 0.265 e. The molecule has 0 unspecified atom stereocenters. The van der Waals surface area contributed by atoms with Crippen LogP contribution in [0, 0.1) is 6.92 Å². The highest BCUT2D eigenvalue weighted by molar-refractivity contribution is 6.22. The standard InChI is InChI=1S/C29H27N3O5/c1-17(2)37-24-7-5-6-22-26(24)29(35)31(27(22)33)15-14-25-30-23-16-18(3)8-13-21(23)28(34)32(25)19-9-11-20(36-4)12-10-19/h5-13,16-17H,14-15H2,1-4H3. The van der Waals surface area contributed by atoms with E-state index in [4.69, 9.17) is 14.5 Å². The molecule has 188 valence electrons. The maximum absolute atomic E-state index is 13.6. The van der Waals surface area contributed by atoms with Crippen molar-refractivity contribution in [1.82, 2.24) is 14.5 Å². The number of imide groups is 1. The van der Waals surface area contributed by atoms with E-state index in [1.165, 1.54) is 9.47 Å². The maximum Gasteiger partial charge on any atom is 0.265 e. The van der Waals surface area contributed by atoms with E-state index in [-0.39, 0.29) is 36.1 Å². The van der Waals surface area contributed by atoms with Crippen LogP contribution in [0.3, 0.4) is 0 Å². The monoisotopic (exact) mass is 497 g/mol. The minimum atomic E-state index is -0.411. The molecule has 2 heterocycles. The summed E-state index contributed by atoms with van der Waals surface area (Å²) in [6.07, 6.45) is 0.0458. The predicted molar refractivity (Wildman–Crippen MR) is 140 cm³/mol. The van der Waals surface area contributed by atoms with Crippen LogP contribution in [0.4, 0.5) is 0 Å². The molecule has 3 aromatic carbocycles. The summed E-state index contributed by atoms with van der Waals surface area (Å²) in [6, 6.07) is 17.6. The molecule has 0 spiro atoms. The molecule has 8 heteroatoms. The predicted octanol–water partition coefficient (Wildman–Crippen LogP) is 4.33. The molecular formula is C29H27N3O5. The molecule has 1 aliphatic heterocycles. The van der Waals surface area contributed by atoms with Crippen LogP contribution in [-0.2, 0) is 6.42 Å². The zero-order valence-electron chi connectivity index (χ0n) is 21.1. The van der Waals surface area contributed by atoms with E-state index in [0.29, 0.717) is 39.5 Å². The lowest BCUT2D eigenvalue weighted by Gasteiger charge is -2.18. The first kappa shape index (κ1) is 24.2. The van der Waals surface area contributed by atoms with Gasteiger partial charge in [-0.2, -0.15) is 0 Å². The molecule has 1 aliphatic rings. The molecule has 0 saturated heterocycles. The van der Waals surface area contributed by atoms with E-state index in [1.54, 1.807) is 55.6 Å². The third-order valence-corrected chi connectivity index (χ3v) is 6.31. The topological polar surface area (TPSA) is 90.7 Å². The second kappa shape index (κ2) is 9.54. The molecule has 0 saturated carbocycles. The number of ether oxygens (including phenoxy) is 2. The van der Waals surface area contributed by atoms with Gasteiger partial charge in [-0.05, 0) is 74.9 Å². The lowest BCUT2D eigenvalue weighted by Crippen LogP contribution is -2.33. The van der Waals surface area contributed by atoms with Crippen LogP contribution >= 0.6 is 0 Å². The zero-order chi connectivity index (χ0) is 26.3. The Morgan fingerprint density at radius 1 is 0.946 bits per heavy atom. The molecule has 8 nitrogen and oxygen atoms in total. The van der Waals surface area contributed by atoms with Gasteiger partial charge in [0.2, 0.25) is 0 Å². The number of amides is 2. The van der Waals surface area contributed by atoms with E-state index in [1.807, 2.05) is 32.9 Å². The Labute approximate surface area is 214 Å². The van der Waals surface area contributed by atoms with Crippen molar-refractivity contribution < 1.29 is 19.1 Å².